The molecule has 120 valence electrons. The lowest BCUT2D eigenvalue weighted by Crippen LogP contribution is -1.91. The fraction of sp³-hybridized carbons (Fsp3) is 0. The Hall–Kier alpha value is -2.27. The van der Waals surface area contributed by atoms with Gasteiger partial charge < -0.3 is 9.11 Å². The van der Waals surface area contributed by atoms with E-state index in [1.807, 2.05) is 0 Å². The number of halogens is 2. The van der Waals surface area contributed by atoms with Gasteiger partial charge in [-0.2, -0.15) is 0 Å². The molecular formula is C12H8Cl2N4O4S. The summed E-state index contributed by atoms with van der Waals surface area (Å²) in [7, 11) is -5.17. The summed E-state index contributed by atoms with van der Waals surface area (Å²) >= 11 is 11.1. The number of hydrogen-bond donors (Lipinski definition) is 0. The van der Waals surface area contributed by atoms with Gasteiger partial charge in [0.05, 0.1) is 0 Å². The van der Waals surface area contributed by atoms with Gasteiger partial charge in [-0.25, -0.2) is 0 Å². The zero-order valence-corrected chi connectivity index (χ0v) is 13.5. The molecule has 2 rings (SSSR count). The lowest BCUT2D eigenvalue weighted by atomic mass is 10.3. The van der Waals surface area contributed by atoms with Gasteiger partial charge in [-0.1, -0.05) is 23.2 Å². The molecule has 2 aromatic rings. The molecule has 0 saturated heterocycles. The normalized spacial score (nSPS) is 9.13. The summed E-state index contributed by atoms with van der Waals surface area (Å²) in [5, 5.41) is 17.7. The lowest BCUT2D eigenvalue weighted by Gasteiger charge is -2.06. The number of hydrogen-bond acceptors (Lipinski definition) is 6. The van der Waals surface area contributed by atoms with Crippen LogP contribution in [0.3, 0.4) is 0 Å². The first-order chi connectivity index (χ1) is 10.7. The third-order valence-electron chi connectivity index (χ3n) is 1.88. The van der Waals surface area contributed by atoms with Gasteiger partial charge in [-0.15, -0.1) is 0 Å². The van der Waals surface area contributed by atoms with Gasteiger partial charge in [0.1, 0.15) is 0 Å². The van der Waals surface area contributed by atoms with Crippen LogP contribution in [0.5, 0.6) is 0 Å². The Labute approximate surface area is 142 Å². The van der Waals surface area contributed by atoms with Crippen LogP contribution in [0.15, 0.2) is 48.5 Å². The molecule has 0 saturated carbocycles. The van der Waals surface area contributed by atoms with E-state index in [2.05, 4.69) is 9.95 Å². The van der Waals surface area contributed by atoms with Crippen molar-refractivity contribution in [3.63, 3.8) is 0 Å². The molecule has 0 aromatic heterocycles. The summed E-state index contributed by atoms with van der Waals surface area (Å²) in [6.07, 6.45) is 0. The van der Waals surface area contributed by atoms with E-state index in [4.69, 9.17) is 51.5 Å². The van der Waals surface area contributed by atoms with E-state index in [1.165, 1.54) is 0 Å². The predicted molar refractivity (Wildman–Crippen MR) is 82.9 cm³/mol. The van der Waals surface area contributed by atoms with Crippen molar-refractivity contribution in [3.05, 3.63) is 68.5 Å². The van der Waals surface area contributed by atoms with E-state index in [0.29, 0.717) is 21.4 Å². The maximum atomic E-state index is 8.52. The number of nitrogens with zero attached hydrogens (tertiary/aromatic N) is 4. The van der Waals surface area contributed by atoms with Crippen LogP contribution in [-0.2, 0) is 10.4 Å². The van der Waals surface area contributed by atoms with E-state index < -0.39 is 10.4 Å². The van der Waals surface area contributed by atoms with Gasteiger partial charge in [0.25, 0.3) is 0 Å². The average molecular weight is 375 g/mol. The Kier molecular flexibility index (Phi) is 9.42. The van der Waals surface area contributed by atoms with Gasteiger partial charge in [-0.05, 0) is 24.3 Å². The van der Waals surface area contributed by atoms with Crippen LogP contribution in [0, 0.1) is 10.8 Å². The molecule has 2 aromatic carbocycles. The van der Waals surface area contributed by atoms with Gasteiger partial charge in [-0.3, -0.25) is 8.42 Å². The lowest BCUT2D eigenvalue weighted by molar-refractivity contribution is 0.352. The van der Waals surface area contributed by atoms with Crippen LogP contribution < -0.4 is 0 Å². The van der Waals surface area contributed by atoms with E-state index in [-0.39, 0.29) is 0 Å². The summed E-state index contributed by atoms with van der Waals surface area (Å²) < 4.78 is 34.1. The predicted octanol–water partition coefficient (Wildman–Crippen LogP) is 4.31. The molecule has 0 amide bonds. The summed E-state index contributed by atoms with van der Waals surface area (Å²) in [6.45, 7) is 0. The van der Waals surface area contributed by atoms with Gasteiger partial charge in [0, 0.05) is 44.7 Å². The first kappa shape index (κ1) is 20.7. The minimum Gasteiger partial charge on any atom is -0.759 e. The van der Waals surface area contributed by atoms with Crippen LogP contribution in [-0.4, -0.2) is 17.5 Å². The van der Waals surface area contributed by atoms with E-state index in [9.17, 15) is 0 Å². The first-order valence-corrected chi connectivity index (χ1v) is 7.62. The van der Waals surface area contributed by atoms with Crippen LogP contribution >= 0.6 is 23.2 Å². The van der Waals surface area contributed by atoms with Crippen molar-refractivity contribution < 1.29 is 17.5 Å². The minimum atomic E-state index is -5.17. The topological polar surface area (TPSA) is 137 Å². The van der Waals surface area contributed by atoms with Crippen molar-refractivity contribution >= 4 is 45.0 Å². The average Bonchev–Trinajstić information content (AvgIpc) is 2.48. The molecule has 0 aliphatic carbocycles. The molecule has 8 nitrogen and oxygen atoms in total. The first-order valence-electron chi connectivity index (χ1n) is 5.53. The van der Waals surface area contributed by atoms with Crippen molar-refractivity contribution in [3.8, 4) is 0 Å². The zero-order valence-electron chi connectivity index (χ0n) is 11.2. The maximum absolute atomic E-state index is 8.52. The van der Waals surface area contributed by atoms with Crippen molar-refractivity contribution in [2.75, 3.05) is 0 Å². The molecule has 0 heterocycles. The largest absolute Gasteiger partial charge is 0.759 e. The molecule has 0 atom stereocenters. The molecule has 0 aliphatic rings. The minimum absolute atomic E-state index is 0.513. The Bertz CT molecular complexity index is 733. The molecule has 0 N–H and O–H groups in total. The fourth-order valence-electron chi connectivity index (χ4n) is 1.02. The van der Waals surface area contributed by atoms with Gasteiger partial charge >= 0.3 is 11.4 Å². The highest BCUT2D eigenvalue weighted by molar-refractivity contribution is 7.79. The second-order valence-electron chi connectivity index (χ2n) is 3.56. The molecule has 11 heteroatoms. The Balaban J connectivity index is 0.000000332. The van der Waals surface area contributed by atoms with Crippen molar-refractivity contribution in [2.45, 2.75) is 0 Å². The molecule has 0 radical (unpaired) electrons. The number of diazo groups is 2. The second kappa shape index (κ2) is 10.5. The molecule has 0 aliphatic heterocycles. The van der Waals surface area contributed by atoms with Crippen molar-refractivity contribution in [2.24, 2.45) is 0 Å². The van der Waals surface area contributed by atoms with Gasteiger partial charge in [0.2, 0.25) is 10.8 Å². The molecular weight excluding hydrogens is 367 g/mol. The number of rotatable bonds is 0. The third-order valence-corrected chi connectivity index (χ3v) is 2.39. The molecule has 0 spiro atoms. The molecule has 0 fully saturated rings. The number of benzene rings is 2. The van der Waals surface area contributed by atoms with E-state index in [0.717, 1.165) is 0 Å². The Morgan fingerprint density at radius 2 is 0.957 bits per heavy atom. The van der Waals surface area contributed by atoms with E-state index >= 15 is 0 Å². The highest BCUT2D eigenvalue weighted by atomic mass is 35.5. The van der Waals surface area contributed by atoms with Crippen LogP contribution in [0.2, 0.25) is 10.0 Å². The second-order valence-corrected chi connectivity index (χ2v) is 5.25. The summed E-state index contributed by atoms with van der Waals surface area (Å²) in [5.74, 6) is 0. The van der Waals surface area contributed by atoms with E-state index in [1.54, 1.807) is 48.5 Å². The highest BCUT2D eigenvalue weighted by Crippen LogP contribution is 2.15. The van der Waals surface area contributed by atoms with Crippen LogP contribution in [0.4, 0.5) is 11.4 Å². The smallest absolute Gasteiger partial charge is 0.385 e. The van der Waals surface area contributed by atoms with Crippen LogP contribution in [0.25, 0.3) is 9.95 Å². The maximum Gasteiger partial charge on any atom is 0.385 e. The monoisotopic (exact) mass is 374 g/mol. The summed E-state index contributed by atoms with van der Waals surface area (Å²) in [5.41, 5.74) is 1.03. The SMILES string of the molecule is N#[N+]c1ccc(Cl)cc1.N#[N+]c1ccc(Cl)cc1.O=S(=O)([O-])[O-]. The zero-order chi connectivity index (χ0) is 17.9. The fourth-order valence-corrected chi connectivity index (χ4v) is 1.27. The van der Waals surface area contributed by atoms with Crippen molar-refractivity contribution in [1.29, 1.82) is 10.8 Å². The standard InChI is InChI=1S/2C6H4ClN2.H2O4S/c2*7-5-1-3-6(9-8)4-2-5;1-5(2,3)4/h2*1-4H;(H2,1,2,3,4)/q2*+1;/p-2. The molecule has 23 heavy (non-hydrogen) atoms. The third kappa shape index (κ3) is 13.1. The summed E-state index contributed by atoms with van der Waals surface area (Å²) in [4.78, 5) is 5.91. The Morgan fingerprint density at radius 3 is 1.13 bits per heavy atom. The quantitative estimate of drug-likeness (QED) is 0.382. The summed E-state index contributed by atoms with van der Waals surface area (Å²) in [6, 6.07) is 13.2. The highest BCUT2D eigenvalue weighted by Gasteiger charge is 2.00. The van der Waals surface area contributed by atoms with Gasteiger partial charge in [0.15, 0.2) is 9.95 Å². The molecule has 0 bridgehead atoms. The van der Waals surface area contributed by atoms with Crippen LogP contribution in [0.1, 0.15) is 0 Å². The Morgan fingerprint density at radius 1 is 0.739 bits per heavy atom. The van der Waals surface area contributed by atoms with Crippen molar-refractivity contribution in [1.82, 2.24) is 0 Å². The molecule has 0 unspecified atom stereocenters.